The van der Waals surface area contributed by atoms with Crippen molar-refractivity contribution in [1.82, 2.24) is 9.97 Å². The molecule has 0 spiro atoms. The quantitative estimate of drug-likeness (QED) is 0.639. The first kappa shape index (κ1) is 14.6. The molecule has 7 heteroatoms. The van der Waals surface area contributed by atoms with Crippen LogP contribution in [0.25, 0.3) is 0 Å². The predicted octanol–water partition coefficient (Wildman–Crippen LogP) is 2.69. The zero-order valence-corrected chi connectivity index (χ0v) is 11.9. The largest absolute Gasteiger partial charge is 0.274 e. The molecule has 0 N–H and O–H groups in total. The number of hydrogen-bond acceptors (Lipinski definition) is 5. The van der Waals surface area contributed by atoms with Gasteiger partial charge in [-0.05, 0) is 26.0 Å². The highest BCUT2D eigenvalue weighted by Crippen LogP contribution is 2.27. The fraction of sp³-hybridized carbons (Fsp3) is 0.214. The first-order chi connectivity index (χ1) is 9.88. The number of rotatable bonds is 3. The number of amides is 1. The Morgan fingerprint density at radius 3 is 2.38 bits per heavy atom. The molecule has 7 nitrogen and oxygen atoms in total. The van der Waals surface area contributed by atoms with Crippen molar-refractivity contribution in [2.24, 2.45) is 0 Å². The predicted molar refractivity (Wildman–Crippen MR) is 77.4 cm³/mol. The Balaban J connectivity index is 2.56. The SMILES string of the molecule is CC(=O)N(c1cc(C)nc(C)c1)c1cc([N+](=O)[O-])ccn1. The van der Waals surface area contributed by atoms with E-state index >= 15 is 0 Å². The fourth-order valence-electron chi connectivity index (χ4n) is 2.06. The number of pyridine rings is 2. The molecule has 21 heavy (non-hydrogen) atoms. The van der Waals surface area contributed by atoms with Crippen LogP contribution in [0, 0.1) is 24.0 Å². The molecule has 0 atom stereocenters. The van der Waals surface area contributed by atoms with E-state index in [0.717, 1.165) is 11.4 Å². The number of aromatic nitrogens is 2. The second kappa shape index (κ2) is 5.66. The van der Waals surface area contributed by atoms with Gasteiger partial charge in [0.1, 0.15) is 5.82 Å². The van der Waals surface area contributed by atoms with Crippen molar-refractivity contribution < 1.29 is 9.72 Å². The molecule has 0 aliphatic heterocycles. The van der Waals surface area contributed by atoms with Crippen molar-refractivity contribution in [3.05, 3.63) is 52.0 Å². The van der Waals surface area contributed by atoms with Gasteiger partial charge in [-0.2, -0.15) is 0 Å². The van der Waals surface area contributed by atoms with Crippen LogP contribution in [-0.4, -0.2) is 20.8 Å². The summed E-state index contributed by atoms with van der Waals surface area (Å²) >= 11 is 0. The van der Waals surface area contributed by atoms with E-state index in [0.29, 0.717) is 5.69 Å². The van der Waals surface area contributed by atoms with Gasteiger partial charge < -0.3 is 0 Å². The van der Waals surface area contributed by atoms with Crippen molar-refractivity contribution >= 4 is 23.1 Å². The highest BCUT2D eigenvalue weighted by atomic mass is 16.6. The summed E-state index contributed by atoms with van der Waals surface area (Å²) in [6.07, 6.45) is 1.31. The summed E-state index contributed by atoms with van der Waals surface area (Å²) in [6.45, 7) is 5.01. The number of hydrogen-bond donors (Lipinski definition) is 0. The van der Waals surface area contributed by atoms with E-state index in [1.165, 1.54) is 30.2 Å². The van der Waals surface area contributed by atoms with Crippen molar-refractivity contribution in [2.75, 3.05) is 4.90 Å². The minimum atomic E-state index is -0.521. The van der Waals surface area contributed by atoms with Crippen LogP contribution in [0.4, 0.5) is 17.2 Å². The Kier molecular flexibility index (Phi) is 3.93. The third kappa shape index (κ3) is 3.19. The fourth-order valence-corrected chi connectivity index (χ4v) is 2.06. The van der Waals surface area contributed by atoms with Crippen molar-refractivity contribution in [2.45, 2.75) is 20.8 Å². The molecular weight excluding hydrogens is 272 g/mol. The minimum absolute atomic E-state index is 0.117. The average molecular weight is 286 g/mol. The van der Waals surface area contributed by atoms with Crippen molar-refractivity contribution in [3.63, 3.8) is 0 Å². The first-order valence-electron chi connectivity index (χ1n) is 6.25. The molecule has 0 aliphatic carbocycles. The monoisotopic (exact) mass is 286 g/mol. The molecule has 2 aromatic heterocycles. The lowest BCUT2D eigenvalue weighted by atomic mass is 10.2. The Labute approximate surface area is 121 Å². The molecule has 0 unspecified atom stereocenters. The maximum Gasteiger partial charge on any atom is 0.274 e. The summed E-state index contributed by atoms with van der Waals surface area (Å²) in [4.78, 5) is 31.9. The Morgan fingerprint density at radius 2 is 1.86 bits per heavy atom. The van der Waals surface area contributed by atoms with E-state index in [1.807, 2.05) is 13.8 Å². The standard InChI is InChI=1S/C14H14N4O3/c1-9-6-13(7-10(2)16-9)17(11(3)19)14-8-12(18(20)21)4-5-15-14/h4-8H,1-3H3. The van der Waals surface area contributed by atoms with Crippen molar-refractivity contribution in [1.29, 1.82) is 0 Å². The maximum absolute atomic E-state index is 11.9. The smallest absolute Gasteiger partial charge is 0.274 e. The van der Waals surface area contributed by atoms with Crippen LogP contribution in [0.3, 0.4) is 0 Å². The van der Waals surface area contributed by atoms with Crippen LogP contribution in [0.5, 0.6) is 0 Å². The zero-order chi connectivity index (χ0) is 15.6. The highest BCUT2D eigenvalue weighted by Gasteiger charge is 2.19. The van der Waals surface area contributed by atoms with E-state index < -0.39 is 4.92 Å². The molecule has 0 radical (unpaired) electrons. The lowest BCUT2D eigenvalue weighted by Gasteiger charge is -2.20. The topological polar surface area (TPSA) is 89.2 Å². The van der Waals surface area contributed by atoms with Crippen LogP contribution in [-0.2, 0) is 4.79 Å². The number of carbonyl (C=O) groups is 1. The molecule has 0 fully saturated rings. The van der Waals surface area contributed by atoms with Gasteiger partial charge in [0, 0.05) is 30.6 Å². The van der Waals surface area contributed by atoms with E-state index in [2.05, 4.69) is 9.97 Å². The third-order valence-corrected chi connectivity index (χ3v) is 2.81. The summed E-state index contributed by atoms with van der Waals surface area (Å²) in [5.41, 5.74) is 1.97. The van der Waals surface area contributed by atoms with E-state index in [4.69, 9.17) is 0 Å². The molecule has 108 valence electrons. The van der Waals surface area contributed by atoms with Crippen LogP contribution in [0.2, 0.25) is 0 Å². The second-order valence-corrected chi connectivity index (χ2v) is 4.59. The Bertz CT molecular complexity index is 695. The molecular formula is C14H14N4O3. The van der Waals surface area contributed by atoms with Gasteiger partial charge in [0.2, 0.25) is 5.91 Å². The minimum Gasteiger partial charge on any atom is -0.274 e. The van der Waals surface area contributed by atoms with Gasteiger partial charge in [0.15, 0.2) is 0 Å². The third-order valence-electron chi connectivity index (χ3n) is 2.81. The molecule has 0 aromatic carbocycles. The van der Waals surface area contributed by atoms with Crippen molar-refractivity contribution in [3.8, 4) is 0 Å². The summed E-state index contributed by atoms with van der Waals surface area (Å²) in [6, 6.07) is 6.02. The summed E-state index contributed by atoms with van der Waals surface area (Å²) in [5, 5.41) is 10.9. The molecule has 2 rings (SSSR count). The second-order valence-electron chi connectivity index (χ2n) is 4.59. The number of anilines is 2. The molecule has 2 heterocycles. The summed E-state index contributed by atoms with van der Waals surface area (Å²) in [5.74, 6) is -0.0744. The van der Waals surface area contributed by atoms with Gasteiger partial charge in [-0.25, -0.2) is 4.98 Å². The maximum atomic E-state index is 11.9. The molecule has 2 aromatic rings. The van der Waals surface area contributed by atoms with Gasteiger partial charge in [-0.3, -0.25) is 24.8 Å². The number of aryl methyl sites for hydroxylation is 2. The van der Waals surface area contributed by atoms with Crippen LogP contribution < -0.4 is 4.90 Å². The lowest BCUT2D eigenvalue weighted by Crippen LogP contribution is -2.24. The Hall–Kier alpha value is -2.83. The molecule has 0 saturated carbocycles. The van der Waals surface area contributed by atoms with Gasteiger partial charge in [0.05, 0.1) is 16.7 Å². The van der Waals surface area contributed by atoms with Gasteiger partial charge in [0.25, 0.3) is 5.69 Å². The van der Waals surface area contributed by atoms with E-state index in [1.54, 1.807) is 12.1 Å². The molecule has 0 bridgehead atoms. The Morgan fingerprint density at radius 1 is 1.24 bits per heavy atom. The summed E-state index contributed by atoms with van der Waals surface area (Å²) in [7, 11) is 0. The molecule has 0 aliphatic rings. The number of nitrogens with zero attached hydrogens (tertiary/aromatic N) is 4. The molecule has 0 saturated heterocycles. The van der Waals surface area contributed by atoms with E-state index in [-0.39, 0.29) is 17.4 Å². The van der Waals surface area contributed by atoms with Gasteiger partial charge in [-0.1, -0.05) is 0 Å². The van der Waals surface area contributed by atoms with Crippen LogP contribution >= 0.6 is 0 Å². The number of nitro groups is 1. The van der Waals surface area contributed by atoms with Crippen LogP contribution in [0.15, 0.2) is 30.5 Å². The average Bonchev–Trinajstić information content (AvgIpc) is 2.37. The van der Waals surface area contributed by atoms with Gasteiger partial charge >= 0.3 is 0 Å². The van der Waals surface area contributed by atoms with Gasteiger partial charge in [-0.15, -0.1) is 0 Å². The summed E-state index contributed by atoms with van der Waals surface area (Å²) < 4.78 is 0. The zero-order valence-electron chi connectivity index (χ0n) is 11.9. The lowest BCUT2D eigenvalue weighted by molar-refractivity contribution is -0.384. The van der Waals surface area contributed by atoms with Crippen LogP contribution in [0.1, 0.15) is 18.3 Å². The normalized spacial score (nSPS) is 10.2. The van der Waals surface area contributed by atoms with E-state index in [9.17, 15) is 14.9 Å². The molecule has 1 amide bonds. The highest BCUT2D eigenvalue weighted by molar-refractivity contribution is 5.98. The number of carbonyl (C=O) groups excluding carboxylic acids is 1. The first-order valence-corrected chi connectivity index (χ1v) is 6.25.